The maximum atomic E-state index is 13.2. The molecule has 30 heavy (non-hydrogen) atoms. The van der Waals surface area contributed by atoms with Crippen molar-refractivity contribution in [1.29, 1.82) is 0 Å². The first-order valence-corrected chi connectivity index (χ1v) is 10.2. The Hall–Kier alpha value is -2.95. The Morgan fingerprint density at radius 1 is 1.23 bits per heavy atom. The zero-order valence-electron chi connectivity index (χ0n) is 16.9. The van der Waals surface area contributed by atoms with E-state index in [1.54, 1.807) is 6.20 Å². The van der Waals surface area contributed by atoms with Crippen molar-refractivity contribution in [3.8, 4) is 0 Å². The van der Waals surface area contributed by atoms with E-state index in [0.717, 1.165) is 5.69 Å². The van der Waals surface area contributed by atoms with Crippen LogP contribution >= 0.6 is 0 Å². The summed E-state index contributed by atoms with van der Waals surface area (Å²) in [5, 5.41) is 11.4. The van der Waals surface area contributed by atoms with Crippen molar-refractivity contribution in [3.63, 3.8) is 0 Å². The molecule has 2 fully saturated rings. The number of carboxylic acids is 1. The van der Waals surface area contributed by atoms with Gasteiger partial charge in [-0.1, -0.05) is 0 Å². The lowest BCUT2D eigenvalue weighted by Gasteiger charge is -2.32. The molecular weight excluding hydrogens is 392 g/mol. The minimum Gasteiger partial charge on any atom is -0.480 e. The van der Waals surface area contributed by atoms with Gasteiger partial charge in [0, 0.05) is 31.4 Å². The van der Waals surface area contributed by atoms with Gasteiger partial charge in [-0.2, -0.15) is 0 Å². The highest BCUT2D eigenvalue weighted by molar-refractivity contribution is 5.94. The topological polar surface area (TPSA) is 162 Å². The SMILES string of the molecule is CC(NC(=O)C1CCCN1C(=O)C1CCCN1C(=O)C(N)Cc1cnc[nH]1)C(=O)O. The van der Waals surface area contributed by atoms with E-state index in [2.05, 4.69) is 15.3 Å². The lowest BCUT2D eigenvalue weighted by Crippen LogP contribution is -2.56. The molecule has 2 aliphatic rings. The van der Waals surface area contributed by atoms with Crippen LogP contribution in [0.1, 0.15) is 38.3 Å². The zero-order chi connectivity index (χ0) is 21.8. The number of nitrogens with one attached hydrogen (secondary N) is 2. The number of nitrogens with two attached hydrogens (primary N) is 1. The predicted octanol–water partition coefficient (Wildman–Crippen LogP) is -1.15. The van der Waals surface area contributed by atoms with Crippen LogP contribution in [0.3, 0.4) is 0 Å². The third-order valence-corrected chi connectivity index (χ3v) is 5.70. The summed E-state index contributed by atoms with van der Waals surface area (Å²) in [6.07, 6.45) is 5.70. The number of likely N-dealkylation sites (tertiary alicyclic amines) is 2. The molecule has 0 radical (unpaired) electrons. The fourth-order valence-corrected chi connectivity index (χ4v) is 4.09. The maximum Gasteiger partial charge on any atom is 0.325 e. The normalized spacial score (nSPS) is 23.3. The van der Waals surface area contributed by atoms with Crippen molar-refractivity contribution in [3.05, 3.63) is 18.2 Å². The molecule has 4 unspecified atom stereocenters. The fourth-order valence-electron chi connectivity index (χ4n) is 4.09. The molecule has 0 bridgehead atoms. The molecule has 0 aliphatic carbocycles. The molecule has 1 aromatic rings. The molecule has 3 rings (SSSR count). The summed E-state index contributed by atoms with van der Waals surface area (Å²) < 4.78 is 0. The molecule has 0 spiro atoms. The smallest absolute Gasteiger partial charge is 0.325 e. The van der Waals surface area contributed by atoms with Crippen LogP contribution in [0.2, 0.25) is 0 Å². The molecule has 3 heterocycles. The summed E-state index contributed by atoms with van der Waals surface area (Å²) in [4.78, 5) is 59.4. The fraction of sp³-hybridized carbons (Fsp3) is 0.632. The second-order valence-electron chi connectivity index (χ2n) is 7.84. The first-order valence-electron chi connectivity index (χ1n) is 10.2. The molecule has 0 aromatic carbocycles. The molecule has 0 saturated carbocycles. The molecule has 164 valence electrons. The summed E-state index contributed by atoms with van der Waals surface area (Å²) in [5.74, 6) is -2.21. The Labute approximate surface area is 174 Å². The number of carboxylic acid groups (broad SMARTS) is 1. The van der Waals surface area contributed by atoms with E-state index in [0.29, 0.717) is 38.8 Å². The van der Waals surface area contributed by atoms with E-state index in [9.17, 15) is 19.2 Å². The van der Waals surface area contributed by atoms with Crippen molar-refractivity contribution in [2.75, 3.05) is 13.1 Å². The third kappa shape index (κ3) is 4.61. The molecule has 5 N–H and O–H groups in total. The van der Waals surface area contributed by atoms with Crippen LogP contribution in [0.15, 0.2) is 12.5 Å². The highest BCUT2D eigenvalue weighted by Gasteiger charge is 2.43. The number of amides is 3. The van der Waals surface area contributed by atoms with E-state index < -0.39 is 36.0 Å². The van der Waals surface area contributed by atoms with Gasteiger partial charge in [-0.15, -0.1) is 0 Å². The number of imidazole rings is 1. The number of H-pyrrole nitrogens is 1. The van der Waals surface area contributed by atoms with Crippen LogP contribution in [0, 0.1) is 0 Å². The van der Waals surface area contributed by atoms with E-state index in [-0.39, 0.29) is 18.2 Å². The van der Waals surface area contributed by atoms with Crippen LogP contribution in [0.5, 0.6) is 0 Å². The van der Waals surface area contributed by atoms with Gasteiger partial charge >= 0.3 is 5.97 Å². The molecule has 1 aromatic heterocycles. The minimum absolute atomic E-state index is 0.282. The lowest BCUT2D eigenvalue weighted by molar-refractivity contribution is -0.148. The van der Waals surface area contributed by atoms with Crippen molar-refractivity contribution in [1.82, 2.24) is 25.1 Å². The van der Waals surface area contributed by atoms with E-state index in [1.807, 2.05) is 0 Å². The number of nitrogens with zero attached hydrogens (tertiary/aromatic N) is 3. The Kier molecular flexibility index (Phi) is 6.70. The molecule has 2 aliphatic heterocycles. The molecule has 3 amide bonds. The summed E-state index contributed by atoms with van der Waals surface area (Å²) >= 11 is 0. The maximum absolute atomic E-state index is 13.2. The zero-order valence-corrected chi connectivity index (χ0v) is 16.9. The van der Waals surface area contributed by atoms with Gasteiger partial charge in [0.25, 0.3) is 0 Å². The van der Waals surface area contributed by atoms with Gasteiger partial charge in [-0.3, -0.25) is 19.2 Å². The Balaban J connectivity index is 1.66. The van der Waals surface area contributed by atoms with Gasteiger partial charge in [0.05, 0.1) is 12.4 Å². The van der Waals surface area contributed by atoms with Gasteiger partial charge in [0.1, 0.15) is 18.1 Å². The van der Waals surface area contributed by atoms with Crippen molar-refractivity contribution in [2.24, 2.45) is 5.73 Å². The minimum atomic E-state index is -1.14. The number of hydrogen-bond acceptors (Lipinski definition) is 6. The van der Waals surface area contributed by atoms with Gasteiger partial charge in [-0.25, -0.2) is 4.98 Å². The number of carbonyl (C=O) groups excluding carboxylic acids is 3. The van der Waals surface area contributed by atoms with Crippen LogP contribution in [-0.4, -0.2) is 85.8 Å². The number of aromatic amines is 1. The monoisotopic (exact) mass is 420 g/mol. The first-order chi connectivity index (χ1) is 14.3. The van der Waals surface area contributed by atoms with Crippen LogP contribution in [-0.2, 0) is 25.6 Å². The first kappa shape index (κ1) is 21.8. The Bertz CT molecular complexity index is 797. The predicted molar refractivity (Wildman–Crippen MR) is 105 cm³/mol. The highest BCUT2D eigenvalue weighted by Crippen LogP contribution is 2.25. The highest BCUT2D eigenvalue weighted by atomic mass is 16.4. The lowest BCUT2D eigenvalue weighted by atomic mass is 10.1. The van der Waals surface area contributed by atoms with Crippen LogP contribution < -0.4 is 11.1 Å². The van der Waals surface area contributed by atoms with Crippen molar-refractivity contribution >= 4 is 23.7 Å². The number of hydrogen-bond donors (Lipinski definition) is 4. The van der Waals surface area contributed by atoms with Gasteiger partial charge < -0.3 is 30.9 Å². The Morgan fingerprint density at radius 3 is 2.53 bits per heavy atom. The van der Waals surface area contributed by atoms with Crippen molar-refractivity contribution in [2.45, 2.75) is 63.2 Å². The average molecular weight is 420 g/mol. The molecular formula is C19H28N6O5. The van der Waals surface area contributed by atoms with E-state index in [4.69, 9.17) is 10.8 Å². The number of carbonyl (C=O) groups is 4. The van der Waals surface area contributed by atoms with Crippen molar-refractivity contribution < 1.29 is 24.3 Å². The summed E-state index contributed by atoms with van der Waals surface area (Å²) in [5.41, 5.74) is 6.82. The average Bonchev–Trinajstić information content (AvgIpc) is 3.47. The van der Waals surface area contributed by atoms with Gasteiger partial charge in [-0.05, 0) is 32.6 Å². The molecule has 11 heteroatoms. The largest absolute Gasteiger partial charge is 0.480 e. The van der Waals surface area contributed by atoms with Crippen LogP contribution in [0.4, 0.5) is 0 Å². The van der Waals surface area contributed by atoms with Gasteiger partial charge in [0.15, 0.2) is 0 Å². The third-order valence-electron chi connectivity index (χ3n) is 5.70. The van der Waals surface area contributed by atoms with Crippen LogP contribution in [0.25, 0.3) is 0 Å². The molecule has 4 atom stereocenters. The second kappa shape index (κ2) is 9.24. The summed E-state index contributed by atoms with van der Waals surface area (Å²) in [7, 11) is 0. The van der Waals surface area contributed by atoms with Gasteiger partial charge in [0.2, 0.25) is 17.7 Å². The Morgan fingerprint density at radius 2 is 1.90 bits per heavy atom. The van der Waals surface area contributed by atoms with E-state index in [1.165, 1.54) is 23.1 Å². The quantitative estimate of drug-likeness (QED) is 0.433. The number of aliphatic carboxylic acids is 1. The standard InChI is InChI=1S/C19H28N6O5/c1-11(19(29)30)23-16(26)14-4-2-6-24(14)18(28)15-5-3-7-25(15)17(27)13(20)8-12-9-21-10-22-12/h9-11,13-15H,2-8,20H2,1H3,(H,21,22)(H,23,26)(H,29,30). The number of aromatic nitrogens is 2. The molecule has 2 saturated heterocycles. The number of rotatable bonds is 7. The summed E-state index contributed by atoms with van der Waals surface area (Å²) in [6, 6.07) is -3.22. The molecule has 11 nitrogen and oxygen atoms in total. The van der Waals surface area contributed by atoms with E-state index >= 15 is 0 Å². The summed E-state index contributed by atoms with van der Waals surface area (Å²) in [6.45, 7) is 2.21. The second-order valence-corrected chi connectivity index (χ2v) is 7.84.